The van der Waals surface area contributed by atoms with Gasteiger partial charge in [-0.3, -0.25) is 9.69 Å². The highest BCUT2D eigenvalue weighted by Gasteiger charge is 2.36. The average molecular weight is 433 g/mol. The van der Waals surface area contributed by atoms with Crippen molar-refractivity contribution in [2.75, 3.05) is 19.6 Å². The standard InChI is InChI=1S/C27H32N2OS/c1-20(2)29(27(30)24-7-5-4-6-8-24)17-25-16-28(15-22-13-14-31-19-22)18-26(25)23-11-9-21(3)10-12-23/h4-14,19-20,25-26H,15-18H2,1-3H3/t25-,26+/m1/s1. The summed E-state index contributed by atoms with van der Waals surface area (Å²) in [5.74, 6) is 0.981. The highest BCUT2D eigenvalue weighted by Crippen LogP contribution is 2.35. The van der Waals surface area contributed by atoms with Crippen LogP contribution >= 0.6 is 11.3 Å². The van der Waals surface area contributed by atoms with E-state index in [9.17, 15) is 4.79 Å². The van der Waals surface area contributed by atoms with Crippen LogP contribution in [-0.4, -0.2) is 41.4 Å². The van der Waals surface area contributed by atoms with Crippen LogP contribution in [0.2, 0.25) is 0 Å². The summed E-state index contributed by atoms with van der Waals surface area (Å²) in [4.78, 5) is 17.9. The van der Waals surface area contributed by atoms with Crippen LogP contribution in [0.4, 0.5) is 0 Å². The Hall–Kier alpha value is -2.43. The van der Waals surface area contributed by atoms with Crippen molar-refractivity contribution in [2.45, 2.75) is 39.3 Å². The van der Waals surface area contributed by atoms with E-state index in [4.69, 9.17) is 0 Å². The summed E-state index contributed by atoms with van der Waals surface area (Å²) in [6.45, 7) is 10.2. The summed E-state index contributed by atoms with van der Waals surface area (Å²) >= 11 is 1.76. The lowest BCUT2D eigenvalue weighted by Gasteiger charge is -2.32. The third-order valence-electron chi connectivity index (χ3n) is 6.34. The zero-order chi connectivity index (χ0) is 21.8. The highest BCUT2D eigenvalue weighted by atomic mass is 32.1. The van der Waals surface area contributed by atoms with Gasteiger partial charge < -0.3 is 4.90 Å². The van der Waals surface area contributed by atoms with Crippen molar-refractivity contribution in [3.8, 4) is 0 Å². The monoisotopic (exact) mass is 432 g/mol. The smallest absolute Gasteiger partial charge is 0.254 e. The van der Waals surface area contributed by atoms with Gasteiger partial charge in [-0.2, -0.15) is 11.3 Å². The number of benzene rings is 2. The van der Waals surface area contributed by atoms with Crippen molar-refractivity contribution in [1.82, 2.24) is 9.80 Å². The van der Waals surface area contributed by atoms with Crippen LogP contribution in [0.5, 0.6) is 0 Å². The molecule has 0 aliphatic carbocycles. The van der Waals surface area contributed by atoms with Gasteiger partial charge in [0.2, 0.25) is 0 Å². The van der Waals surface area contributed by atoms with Crippen LogP contribution in [0.3, 0.4) is 0 Å². The van der Waals surface area contributed by atoms with Gasteiger partial charge in [0.15, 0.2) is 0 Å². The van der Waals surface area contributed by atoms with Crippen LogP contribution in [0, 0.1) is 12.8 Å². The number of nitrogens with zero attached hydrogens (tertiary/aromatic N) is 2. The van der Waals surface area contributed by atoms with Crippen molar-refractivity contribution >= 4 is 17.2 Å². The van der Waals surface area contributed by atoms with E-state index >= 15 is 0 Å². The van der Waals surface area contributed by atoms with Crippen LogP contribution < -0.4 is 0 Å². The summed E-state index contributed by atoms with van der Waals surface area (Å²) in [6.07, 6.45) is 0. The molecule has 4 rings (SSSR count). The van der Waals surface area contributed by atoms with E-state index in [1.165, 1.54) is 16.7 Å². The predicted octanol–water partition coefficient (Wildman–Crippen LogP) is 5.82. The molecule has 1 aliphatic heterocycles. The van der Waals surface area contributed by atoms with E-state index in [0.717, 1.165) is 31.7 Å². The van der Waals surface area contributed by atoms with Gasteiger partial charge in [0, 0.05) is 43.7 Å². The molecule has 1 saturated heterocycles. The fourth-order valence-electron chi connectivity index (χ4n) is 4.63. The number of likely N-dealkylation sites (tertiary alicyclic amines) is 1. The first-order valence-electron chi connectivity index (χ1n) is 11.2. The maximum atomic E-state index is 13.3. The third kappa shape index (κ3) is 5.25. The molecule has 1 fully saturated rings. The first-order valence-corrected chi connectivity index (χ1v) is 12.1. The van der Waals surface area contributed by atoms with Crippen molar-refractivity contribution < 1.29 is 4.79 Å². The highest BCUT2D eigenvalue weighted by molar-refractivity contribution is 7.07. The summed E-state index contributed by atoms with van der Waals surface area (Å²) in [5, 5.41) is 4.40. The molecule has 0 unspecified atom stereocenters. The zero-order valence-electron chi connectivity index (χ0n) is 18.7. The molecule has 2 atom stereocenters. The van der Waals surface area contributed by atoms with Gasteiger partial charge in [0.1, 0.15) is 0 Å². The first kappa shape index (κ1) is 21.8. The minimum absolute atomic E-state index is 0.134. The maximum absolute atomic E-state index is 13.3. The van der Waals surface area contributed by atoms with Crippen LogP contribution in [0.15, 0.2) is 71.4 Å². The molecule has 4 heteroatoms. The molecule has 3 nitrogen and oxygen atoms in total. The molecule has 1 amide bonds. The number of hydrogen-bond acceptors (Lipinski definition) is 3. The van der Waals surface area contributed by atoms with Gasteiger partial charge >= 0.3 is 0 Å². The van der Waals surface area contributed by atoms with Gasteiger partial charge in [-0.15, -0.1) is 0 Å². The Balaban J connectivity index is 1.57. The Bertz CT molecular complexity index is 966. The lowest BCUT2D eigenvalue weighted by Crippen LogP contribution is -2.42. The molecule has 3 aromatic rings. The predicted molar refractivity (Wildman–Crippen MR) is 130 cm³/mol. The van der Waals surface area contributed by atoms with E-state index in [0.29, 0.717) is 11.8 Å². The fourth-order valence-corrected chi connectivity index (χ4v) is 5.29. The second kappa shape index (κ2) is 9.80. The van der Waals surface area contributed by atoms with Gasteiger partial charge in [0.25, 0.3) is 5.91 Å². The Morgan fingerprint density at radius 1 is 1.06 bits per heavy atom. The van der Waals surface area contributed by atoms with Gasteiger partial charge in [0.05, 0.1) is 0 Å². The van der Waals surface area contributed by atoms with Gasteiger partial charge in [-0.25, -0.2) is 0 Å². The van der Waals surface area contributed by atoms with Crippen LogP contribution in [0.25, 0.3) is 0 Å². The Kier molecular flexibility index (Phi) is 6.89. The number of carbonyl (C=O) groups excluding carboxylic acids is 1. The normalized spacial score (nSPS) is 19.1. The molecule has 2 aromatic carbocycles. The SMILES string of the molecule is Cc1ccc([C@@H]2CN(Cc3ccsc3)C[C@@H]2CN(C(=O)c2ccccc2)C(C)C)cc1. The minimum atomic E-state index is 0.134. The summed E-state index contributed by atoms with van der Waals surface area (Å²) in [5.41, 5.74) is 4.83. The molecule has 0 N–H and O–H groups in total. The van der Waals surface area contributed by atoms with E-state index < -0.39 is 0 Å². The fraction of sp³-hybridized carbons (Fsp3) is 0.370. The molecular formula is C27H32N2OS. The first-order chi connectivity index (χ1) is 15.0. The van der Waals surface area contributed by atoms with E-state index in [1.807, 2.05) is 30.3 Å². The lowest BCUT2D eigenvalue weighted by atomic mass is 9.88. The van der Waals surface area contributed by atoms with Crippen molar-refractivity contribution in [2.24, 2.45) is 5.92 Å². The molecule has 31 heavy (non-hydrogen) atoms. The number of amides is 1. The molecular weight excluding hydrogens is 400 g/mol. The second-order valence-corrected chi connectivity index (χ2v) is 9.80. The average Bonchev–Trinajstić information content (AvgIpc) is 3.43. The molecule has 0 saturated carbocycles. The van der Waals surface area contributed by atoms with Crippen LogP contribution in [-0.2, 0) is 6.54 Å². The lowest BCUT2D eigenvalue weighted by molar-refractivity contribution is 0.0668. The zero-order valence-corrected chi connectivity index (χ0v) is 19.5. The molecule has 0 radical (unpaired) electrons. The van der Waals surface area contributed by atoms with E-state index in [2.05, 4.69) is 71.7 Å². The Labute approximate surface area is 190 Å². The number of aryl methyl sites for hydroxylation is 1. The van der Waals surface area contributed by atoms with E-state index in [1.54, 1.807) is 11.3 Å². The largest absolute Gasteiger partial charge is 0.336 e. The van der Waals surface area contributed by atoms with Crippen molar-refractivity contribution in [3.05, 3.63) is 93.7 Å². The number of rotatable bonds is 7. The van der Waals surface area contributed by atoms with Gasteiger partial charge in [-0.1, -0.05) is 48.0 Å². The molecule has 0 spiro atoms. The third-order valence-corrected chi connectivity index (χ3v) is 7.08. The van der Waals surface area contributed by atoms with Crippen molar-refractivity contribution in [1.29, 1.82) is 0 Å². The second-order valence-electron chi connectivity index (χ2n) is 9.02. The molecule has 2 heterocycles. The number of hydrogen-bond donors (Lipinski definition) is 0. The minimum Gasteiger partial charge on any atom is -0.336 e. The molecule has 1 aliphatic rings. The quantitative estimate of drug-likeness (QED) is 0.469. The van der Waals surface area contributed by atoms with Crippen molar-refractivity contribution in [3.63, 3.8) is 0 Å². The molecule has 162 valence electrons. The van der Waals surface area contributed by atoms with E-state index in [-0.39, 0.29) is 11.9 Å². The Morgan fingerprint density at radius 2 is 1.81 bits per heavy atom. The Morgan fingerprint density at radius 3 is 2.45 bits per heavy atom. The summed E-state index contributed by atoms with van der Waals surface area (Å²) in [6, 6.07) is 21.1. The maximum Gasteiger partial charge on any atom is 0.254 e. The topological polar surface area (TPSA) is 23.6 Å². The molecule has 1 aromatic heterocycles. The molecule has 0 bridgehead atoms. The number of carbonyl (C=O) groups is 1. The summed E-state index contributed by atoms with van der Waals surface area (Å²) in [7, 11) is 0. The van der Waals surface area contributed by atoms with Gasteiger partial charge in [-0.05, 0) is 66.8 Å². The summed E-state index contributed by atoms with van der Waals surface area (Å²) < 4.78 is 0. The number of thiophene rings is 1. The van der Waals surface area contributed by atoms with Crippen LogP contribution in [0.1, 0.15) is 46.8 Å².